The zero-order chi connectivity index (χ0) is 26.9. The fourth-order valence-corrected chi connectivity index (χ4v) is 6.51. The van der Waals surface area contributed by atoms with Gasteiger partial charge < -0.3 is 0 Å². The molecule has 0 saturated heterocycles. The lowest BCUT2D eigenvalue weighted by Gasteiger charge is -2.11. The summed E-state index contributed by atoms with van der Waals surface area (Å²) in [4.78, 5) is 10.4. The number of hydrogen-bond acceptors (Lipinski definition) is 2. The van der Waals surface area contributed by atoms with Gasteiger partial charge in [-0.25, -0.2) is 9.97 Å². The van der Waals surface area contributed by atoms with Crippen LogP contribution in [0.2, 0.25) is 0 Å². The van der Waals surface area contributed by atoms with E-state index in [0.717, 1.165) is 33.5 Å². The highest BCUT2D eigenvalue weighted by Gasteiger charge is 2.21. The molecule has 0 aliphatic carbocycles. The fourth-order valence-electron chi connectivity index (χ4n) is 6.51. The maximum absolute atomic E-state index is 5.20. The van der Waals surface area contributed by atoms with E-state index in [1.54, 1.807) is 0 Å². The van der Waals surface area contributed by atoms with Crippen molar-refractivity contribution in [3.8, 4) is 28.5 Å². The Morgan fingerprint density at radius 2 is 0.854 bits per heavy atom. The van der Waals surface area contributed by atoms with Crippen LogP contribution in [0.1, 0.15) is 0 Å². The van der Waals surface area contributed by atoms with Crippen molar-refractivity contribution in [2.45, 2.75) is 0 Å². The lowest BCUT2D eigenvalue weighted by molar-refractivity contribution is 0.996. The molecule has 7 aromatic carbocycles. The quantitative estimate of drug-likeness (QED) is 0.171. The van der Waals surface area contributed by atoms with Crippen LogP contribution in [0, 0.1) is 0 Å². The summed E-state index contributed by atoms with van der Waals surface area (Å²) in [5.74, 6) is 0.677. The van der Waals surface area contributed by atoms with Crippen LogP contribution in [0.25, 0.3) is 82.6 Å². The summed E-state index contributed by atoms with van der Waals surface area (Å²) in [7, 11) is 0. The molecule has 2 aromatic heterocycles. The topological polar surface area (TPSA) is 30.7 Å². The molecular formula is C38H23N3. The van der Waals surface area contributed by atoms with Gasteiger partial charge in [0, 0.05) is 21.9 Å². The summed E-state index contributed by atoms with van der Waals surface area (Å²) in [5.41, 5.74) is 6.18. The third kappa shape index (κ3) is 3.26. The standard InChI is InChI=1S/C38H23N3/c1-3-11-24(12-4-1)32-23-33(25-13-5-2-6-14-25)40-38(39-32)41-34-19-9-17-28-30-21-26-15-7-8-16-27(26)22-31(30)29-18-10-20-35(41)37(29)36(28)34/h1-23H. The van der Waals surface area contributed by atoms with E-state index in [9.17, 15) is 0 Å². The van der Waals surface area contributed by atoms with Crippen LogP contribution in [-0.4, -0.2) is 14.5 Å². The predicted molar refractivity (Wildman–Crippen MR) is 171 cm³/mol. The Bertz CT molecular complexity index is 2240. The first-order valence-electron chi connectivity index (χ1n) is 13.9. The number of hydrogen-bond donors (Lipinski definition) is 0. The monoisotopic (exact) mass is 521 g/mol. The van der Waals surface area contributed by atoms with E-state index in [4.69, 9.17) is 9.97 Å². The maximum atomic E-state index is 5.20. The predicted octanol–water partition coefficient (Wildman–Crippen LogP) is 9.81. The van der Waals surface area contributed by atoms with Gasteiger partial charge in [0.05, 0.1) is 22.4 Å². The summed E-state index contributed by atoms with van der Waals surface area (Å²) >= 11 is 0. The van der Waals surface area contributed by atoms with Crippen molar-refractivity contribution in [2.75, 3.05) is 0 Å². The average molecular weight is 522 g/mol. The van der Waals surface area contributed by atoms with E-state index in [1.165, 1.54) is 43.1 Å². The van der Waals surface area contributed by atoms with Gasteiger partial charge in [-0.15, -0.1) is 0 Å². The highest BCUT2D eigenvalue weighted by atomic mass is 15.2. The molecule has 41 heavy (non-hydrogen) atoms. The summed E-state index contributed by atoms with van der Waals surface area (Å²) in [5, 5.41) is 10.1. The Labute approximate surface area is 236 Å². The van der Waals surface area contributed by atoms with Crippen molar-refractivity contribution in [3.05, 3.63) is 140 Å². The molecule has 0 aliphatic heterocycles. The summed E-state index contributed by atoms with van der Waals surface area (Å²) in [6, 6.07) is 49.4. The molecule has 190 valence electrons. The van der Waals surface area contributed by atoms with E-state index < -0.39 is 0 Å². The van der Waals surface area contributed by atoms with E-state index in [2.05, 4.69) is 132 Å². The Morgan fingerprint density at radius 1 is 0.390 bits per heavy atom. The third-order valence-electron chi connectivity index (χ3n) is 8.34. The Hall–Kier alpha value is -5.54. The van der Waals surface area contributed by atoms with Crippen LogP contribution in [-0.2, 0) is 0 Å². The van der Waals surface area contributed by atoms with Crippen molar-refractivity contribution in [3.63, 3.8) is 0 Å². The zero-order valence-corrected chi connectivity index (χ0v) is 22.1. The second kappa shape index (κ2) is 8.48. The van der Waals surface area contributed by atoms with Gasteiger partial charge in [0.1, 0.15) is 0 Å². The van der Waals surface area contributed by atoms with Gasteiger partial charge in [0.25, 0.3) is 0 Å². The van der Waals surface area contributed by atoms with Gasteiger partial charge in [0.15, 0.2) is 0 Å². The molecule has 3 heteroatoms. The van der Waals surface area contributed by atoms with Crippen LogP contribution >= 0.6 is 0 Å². The summed E-state index contributed by atoms with van der Waals surface area (Å²) in [6.07, 6.45) is 0. The maximum Gasteiger partial charge on any atom is 0.235 e. The third-order valence-corrected chi connectivity index (χ3v) is 8.34. The molecule has 0 radical (unpaired) electrons. The fraction of sp³-hybridized carbons (Fsp3) is 0. The van der Waals surface area contributed by atoms with Crippen LogP contribution in [0.5, 0.6) is 0 Å². The Morgan fingerprint density at radius 3 is 1.34 bits per heavy atom. The second-order valence-corrected chi connectivity index (χ2v) is 10.7. The summed E-state index contributed by atoms with van der Waals surface area (Å²) < 4.78 is 2.25. The second-order valence-electron chi connectivity index (χ2n) is 10.7. The van der Waals surface area contributed by atoms with Crippen LogP contribution < -0.4 is 0 Å². The summed E-state index contributed by atoms with van der Waals surface area (Å²) in [6.45, 7) is 0. The van der Waals surface area contributed by atoms with Gasteiger partial charge >= 0.3 is 0 Å². The molecule has 2 heterocycles. The van der Waals surface area contributed by atoms with E-state index in [-0.39, 0.29) is 0 Å². The molecule has 0 atom stereocenters. The van der Waals surface area contributed by atoms with Crippen LogP contribution in [0.4, 0.5) is 0 Å². The molecule has 0 saturated carbocycles. The molecule has 0 aliphatic rings. The van der Waals surface area contributed by atoms with Crippen molar-refractivity contribution >= 4 is 54.1 Å². The van der Waals surface area contributed by atoms with Crippen molar-refractivity contribution < 1.29 is 0 Å². The lowest BCUT2D eigenvalue weighted by atomic mass is 9.92. The van der Waals surface area contributed by atoms with Crippen molar-refractivity contribution in [2.24, 2.45) is 0 Å². The Balaban J connectivity index is 1.43. The minimum absolute atomic E-state index is 0.677. The Kier molecular flexibility index (Phi) is 4.61. The molecule has 9 rings (SSSR count). The van der Waals surface area contributed by atoms with E-state index in [0.29, 0.717) is 5.95 Å². The number of aromatic nitrogens is 3. The van der Waals surface area contributed by atoms with Crippen molar-refractivity contribution in [1.82, 2.24) is 14.5 Å². The largest absolute Gasteiger partial charge is 0.278 e. The normalized spacial score (nSPS) is 11.9. The van der Waals surface area contributed by atoms with Crippen LogP contribution in [0.15, 0.2) is 140 Å². The molecule has 9 aromatic rings. The van der Waals surface area contributed by atoms with Crippen molar-refractivity contribution in [1.29, 1.82) is 0 Å². The molecule has 0 spiro atoms. The van der Waals surface area contributed by atoms with E-state index in [1.807, 2.05) is 12.1 Å². The molecule has 0 bridgehead atoms. The first kappa shape index (κ1) is 22.3. The molecule has 0 unspecified atom stereocenters. The first-order chi connectivity index (χ1) is 20.3. The number of nitrogens with zero attached hydrogens (tertiary/aromatic N) is 3. The molecule has 0 amide bonds. The van der Waals surface area contributed by atoms with Gasteiger partial charge in [-0.1, -0.05) is 109 Å². The number of fused-ring (bicyclic) bond motifs is 4. The molecule has 0 N–H and O–H groups in total. The number of rotatable bonds is 3. The SMILES string of the molecule is c1ccc(-c2cc(-c3ccccc3)nc(-n3c4cccc5c6cc7ccccc7cc6c6cccc3c6c54)n2)cc1. The zero-order valence-electron chi connectivity index (χ0n) is 22.1. The lowest BCUT2D eigenvalue weighted by Crippen LogP contribution is -2.03. The molecule has 0 fully saturated rings. The van der Waals surface area contributed by atoms with E-state index >= 15 is 0 Å². The number of benzene rings is 7. The van der Waals surface area contributed by atoms with Crippen LogP contribution in [0.3, 0.4) is 0 Å². The van der Waals surface area contributed by atoms with Gasteiger partial charge in [-0.05, 0) is 62.6 Å². The highest BCUT2D eigenvalue weighted by molar-refractivity contribution is 6.35. The minimum Gasteiger partial charge on any atom is -0.278 e. The molecular weight excluding hydrogens is 498 g/mol. The molecule has 3 nitrogen and oxygen atoms in total. The minimum atomic E-state index is 0.677. The average Bonchev–Trinajstić information content (AvgIpc) is 3.39. The van der Waals surface area contributed by atoms with Gasteiger partial charge in [-0.2, -0.15) is 0 Å². The highest BCUT2D eigenvalue weighted by Crippen LogP contribution is 2.44. The first-order valence-corrected chi connectivity index (χ1v) is 13.9. The van der Waals surface area contributed by atoms with Gasteiger partial charge in [-0.3, -0.25) is 4.57 Å². The van der Waals surface area contributed by atoms with Gasteiger partial charge in [0.2, 0.25) is 5.95 Å². The smallest absolute Gasteiger partial charge is 0.235 e.